The maximum atomic E-state index is 3.67. The zero-order valence-corrected chi connectivity index (χ0v) is 12.6. The summed E-state index contributed by atoms with van der Waals surface area (Å²) < 4.78 is 7.33. The minimum absolute atomic E-state index is 0.0571. The van der Waals surface area contributed by atoms with Crippen molar-refractivity contribution in [2.45, 2.75) is 39.3 Å². The van der Waals surface area contributed by atoms with Crippen LogP contribution in [-0.4, -0.2) is 32.3 Å². The number of hydrogen-bond donors (Lipinski definition) is 2. The van der Waals surface area contributed by atoms with Crippen LogP contribution in [0.5, 0.6) is 0 Å². The summed E-state index contributed by atoms with van der Waals surface area (Å²) in [5, 5.41) is 0. The van der Waals surface area contributed by atoms with Gasteiger partial charge < -0.3 is 0 Å². The van der Waals surface area contributed by atoms with Crippen LogP contribution in [0.15, 0.2) is 0 Å². The molecule has 0 aliphatic heterocycles. The second kappa shape index (κ2) is 4.22. The first-order chi connectivity index (χ1) is 4.71. The van der Waals surface area contributed by atoms with Gasteiger partial charge in [-0.25, -0.2) is 0 Å². The Morgan fingerprint density at radius 2 is 1.00 bits per heavy atom. The molecule has 2 N–H and O–H groups in total. The molecule has 0 amide bonds. The van der Waals surface area contributed by atoms with Crippen molar-refractivity contribution < 1.29 is 0 Å². The topological polar surface area (TPSA) is 24.1 Å². The van der Waals surface area contributed by atoms with Crippen LogP contribution in [0.25, 0.3) is 0 Å². The van der Waals surface area contributed by atoms with Crippen molar-refractivity contribution in [1.82, 2.24) is 7.88 Å². The van der Waals surface area contributed by atoms with Gasteiger partial charge in [-0.15, -0.1) is 0 Å². The molecule has 2 nitrogen and oxygen atoms in total. The third-order valence-corrected chi connectivity index (χ3v) is 13.6. The minimum atomic E-state index is -0.992. The fourth-order valence-corrected chi connectivity index (χ4v) is 7.31. The third-order valence-electron chi connectivity index (χ3n) is 0.875. The van der Waals surface area contributed by atoms with Gasteiger partial charge in [-0.1, -0.05) is 0 Å². The molecule has 0 saturated heterocycles. The Kier molecular flexibility index (Phi) is 4.57. The van der Waals surface area contributed by atoms with Crippen LogP contribution in [0.3, 0.4) is 0 Å². The molecular formula is C6H20GeN2Si2. The quantitative estimate of drug-likeness (QED) is 0.735. The fourth-order valence-electron chi connectivity index (χ4n) is 0.406. The summed E-state index contributed by atoms with van der Waals surface area (Å²) in [6, 6.07) is 0. The first kappa shape index (κ1) is 11.9. The fraction of sp³-hybridized carbons (Fsp3) is 1.00. The summed E-state index contributed by atoms with van der Waals surface area (Å²) in [7, 11) is -1.98. The summed E-state index contributed by atoms with van der Waals surface area (Å²) in [5.41, 5.74) is 0. The molecule has 0 aromatic heterocycles. The van der Waals surface area contributed by atoms with Gasteiger partial charge in [-0.2, -0.15) is 0 Å². The molecule has 0 atom stereocenters. The Labute approximate surface area is 79.6 Å². The first-order valence-corrected chi connectivity index (χ1v) is 13.1. The molecule has 2 radical (unpaired) electrons. The average molecular weight is 249 g/mol. The average Bonchev–Trinajstić information content (AvgIpc) is 1.55. The monoisotopic (exact) mass is 250 g/mol. The number of rotatable bonds is 4. The molecule has 0 aromatic carbocycles. The van der Waals surface area contributed by atoms with Gasteiger partial charge in [0.2, 0.25) is 0 Å². The molecule has 0 aliphatic carbocycles. The molecule has 0 aromatic rings. The summed E-state index contributed by atoms with van der Waals surface area (Å²) in [5.74, 6) is 0. The van der Waals surface area contributed by atoms with E-state index in [1.165, 1.54) is 0 Å². The van der Waals surface area contributed by atoms with Crippen LogP contribution in [-0.2, 0) is 0 Å². The van der Waals surface area contributed by atoms with E-state index in [0.29, 0.717) is 0 Å². The van der Waals surface area contributed by atoms with Crippen LogP contribution in [0.4, 0.5) is 0 Å². The molecule has 0 rings (SSSR count). The van der Waals surface area contributed by atoms with Gasteiger partial charge >= 0.3 is 79.5 Å². The van der Waals surface area contributed by atoms with Crippen LogP contribution in [0.2, 0.25) is 39.3 Å². The Morgan fingerprint density at radius 1 is 0.727 bits per heavy atom. The Balaban J connectivity index is 3.44. The van der Waals surface area contributed by atoms with Crippen molar-refractivity contribution in [2.75, 3.05) is 0 Å². The molecule has 0 bridgehead atoms. The molecule has 0 saturated carbocycles. The van der Waals surface area contributed by atoms with Crippen LogP contribution in [0, 0.1) is 0 Å². The van der Waals surface area contributed by atoms with Crippen molar-refractivity contribution in [1.29, 1.82) is 0 Å². The Hall–Kier alpha value is 0.897. The molecule has 66 valence electrons. The van der Waals surface area contributed by atoms with E-state index in [0.717, 1.165) is 0 Å². The zero-order chi connectivity index (χ0) is 9.12. The molecule has 5 heteroatoms. The SMILES string of the molecule is C[Si](C)(C)[NH][Ge][NH][Si](C)(C)C. The van der Waals surface area contributed by atoms with Gasteiger partial charge in [0, 0.05) is 0 Å². The van der Waals surface area contributed by atoms with Crippen molar-refractivity contribution in [2.24, 2.45) is 0 Å². The molecular weight excluding hydrogens is 229 g/mol. The van der Waals surface area contributed by atoms with Gasteiger partial charge in [-0.3, -0.25) is 0 Å². The molecule has 0 aliphatic rings. The van der Waals surface area contributed by atoms with E-state index in [9.17, 15) is 0 Å². The predicted octanol–water partition coefficient (Wildman–Crippen LogP) is 1.37. The summed E-state index contributed by atoms with van der Waals surface area (Å²) in [6.45, 7) is 14.1. The third kappa shape index (κ3) is 10.9. The van der Waals surface area contributed by atoms with Gasteiger partial charge in [0.05, 0.1) is 0 Å². The molecule has 11 heavy (non-hydrogen) atoms. The molecule has 0 spiro atoms. The van der Waals surface area contributed by atoms with Gasteiger partial charge in [-0.05, 0) is 0 Å². The normalized spacial score (nSPS) is 13.6. The van der Waals surface area contributed by atoms with E-state index in [1.54, 1.807) is 0 Å². The van der Waals surface area contributed by atoms with Gasteiger partial charge in [0.15, 0.2) is 0 Å². The Morgan fingerprint density at radius 3 is 1.18 bits per heavy atom. The standard InChI is InChI=1S/C6H20GeN2Si2/c1-10(2,3)8-7-9-11(4,5)6/h8-9H,1-6H3. The van der Waals surface area contributed by atoms with Crippen molar-refractivity contribution in [3.8, 4) is 0 Å². The Bertz CT molecular complexity index is 103. The van der Waals surface area contributed by atoms with Crippen molar-refractivity contribution >= 4 is 32.3 Å². The first-order valence-electron chi connectivity index (χ1n) is 4.00. The van der Waals surface area contributed by atoms with E-state index < -0.39 is 16.5 Å². The molecule has 0 heterocycles. The van der Waals surface area contributed by atoms with E-state index in [4.69, 9.17) is 0 Å². The second-order valence-corrected chi connectivity index (χ2v) is 18.0. The molecule has 0 unspecified atom stereocenters. The zero-order valence-electron chi connectivity index (χ0n) is 8.50. The van der Waals surface area contributed by atoms with E-state index >= 15 is 0 Å². The van der Waals surface area contributed by atoms with Crippen molar-refractivity contribution in [3.63, 3.8) is 0 Å². The van der Waals surface area contributed by atoms with E-state index in [1.807, 2.05) is 0 Å². The summed E-state index contributed by atoms with van der Waals surface area (Å²) in [4.78, 5) is 0. The summed E-state index contributed by atoms with van der Waals surface area (Å²) >= 11 is -0.0571. The van der Waals surface area contributed by atoms with Gasteiger partial charge in [0.25, 0.3) is 0 Å². The number of hydrogen-bond acceptors (Lipinski definition) is 2. The van der Waals surface area contributed by atoms with Crippen LogP contribution in [0.1, 0.15) is 0 Å². The van der Waals surface area contributed by atoms with E-state index in [2.05, 4.69) is 47.2 Å². The second-order valence-electron chi connectivity index (χ2n) is 4.88. The maximum absolute atomic E-state index is 3.67. The number of nitrogens with one attached hydrogen (secondary N) is 2. The molecule has 0 fully saturated rings. The predicted molar refractivity (Wildman–Crippen MR) is 58.7 cm³/mol. The summed E-state index contributed by atoms with van der Waals surface area (Å²) in [6.07, 6.45) is 0. The van der Waals surface area contributed by atoms with Gasteiger partial charge in [0.1, 0.15) is 0 Å². The van der Waals surface area contributed by atoms with E-state index in [-0.39, 0.29) is 15.9 Å². The van der Waals surface area contributed by atoms with Crippen LogP contribution < -0.4 is 7.88 Å². The van der Waals surface area contributed by atoms with Crippen molar-refractivity contribution in [3.05, 3.63) is 0 Å². The van der Waals surface area contributed by atoms with Crippen LogP contribution >= 0.6 is 0 Å².